The molecule has 5 nitrogen and oxygen atoms in total. The van der Waals surface area contributed by atoms with Gasteiger partial charge in [-0.1, -0.05) is 0 Å². The molecule has 0 saturated carbocycles. The molecule has 0 spiro atoms. The highest BCUT2D eigenvalue weighted by Crippen LogP contribution is 2.14. The first-order valence-electron chi connectivity index (χ1n) is 3.13. The lowest BCUT2D eigenvalue weighted by atomic mass is 10.4. The third-order valence-electron chi connectivity index (χ3n) is 1.24. The molecule has 1 heterocycles. The van der Waals surface area contributed by atoms with Gasteiger partial charge in [-0.05, 0) is 13.8 Å². The van der Waals surface area contributed by atoms with Gasteiger partial charge in [-0.3, -0.25) is 0 Å². The van der Waals surface area contributed by atoms with Crippen molar-refractivity contribution in [2.75, 3.05) is 0 Å². The lowest BCUT2D eigenvalue weighted by molar-refractivity contribution is 0.537. The molecule has 4 N–H and O–H groups in total. The molecule has 1 aromatic rings. The Morgan fingerprint density at radius 2 is 2.09 bits per heavy atom. The molecule has 0 radical (unpaired) electrons. The molecule has 5 heteroatoms. The number of guanidine groups is 1. The predicted octanol–water partition coefficient (Wildman–Crippen LogP) is 0.196. The average Bonchev–Trinajstić information content (AvgIpc) is 2.10. The van der Waals surface area contributed by atoms with Gasteiger partial charge in [-0.2, -0.15) is 9.98 Å². The van der Waals surface area contributed by atoms with Crippen LogP contribution in [-0.4, -0.2) is 10.9 Å². The van der Waals surface area contributed by atoms with Crippen molar-refractivity contribution in [1.29, 1.82) is 0 Å². The Kier molecular flexibility index (Phi) is 1.80. The topological polar surface area (TPSA) is 90.4 Å². The Labute approximate surface area is 64.1 Å². The maximum atomic E-state index is 5.11. The number of nitrogens with zero attached hydrogens (tertiary/aromatic N) is 2. The largest absolute Gasteiger partial charge is 0.427 e. The zero-order valence-electron chi connectivity index (χ0n) is 6.46. The van der Waals surface area contributed by atoms with Crippen LogP contribution in [0.3, 0.4) is 0 Å². The molecule has 11 heavy (non-hydrogen) atoms. The maximum Gasteiger partial charge on any atom is 0.325 e. The van der Waals surface area contributed by atoms with Crippen LogP contribution in [0.25, 0.3) is 0 Å². The summed E-state index contributed by atoms with van der Waals surface area (Å²) in [5, 5.41) is 0. The lowest BCUT2D eigenvalue weighted by Crippen LogP contribution is -2.21. The highest BCUT2D eigenvalue weighted by atomic mass is 16.4. The molecule has 0 aliphatic carbocycles. The molecule has 60 valence electrons. The van der Waals surface area contributed by atoms with E-state index in [2.05, 4.69) is 9.98 Å². The molecule has 0 atom stereocenters. The van der Waals surface area contributed by atoms with Crippen molar-refractivity contribution >= 4 is 12.0 Å². The van der Waals surface area contributed by atoms with Gasteiger partial charge in [0, 0.05) is 0 Å². The minimum atomic E-state index is -0.0498. The van der Waals surface area contributed by atoms with E-state index in [-0.39, 0.29) is 12.0 Å². The zero-order valence-corrected chi connectivity index (χ0v) is 6.46. The van der Waals surface area contributed by atoms with Crippen LogP contribution in [0.2, 0.25) is 0 Å². The number of oxazole rings is 1. The van der Waals surface area contributed by atoms with E-state index in [4.69, 9.17) is 15.9 Å². The second kappa shape index (κ2) is 2.61. The Morgan fingerprint density at radius 3 is 2.45 bits per heavy atom. The molecular formula is C6H10N4O. The maximum absolute atomic E-state index is 5.11. The van der Waals surface area contributed by atoms with Crippen molar-refractivity contribution in [2.45, 2.75) is 13.8 Å². The van der Waals surface area contributed by atoms with E-state index in [0.29, 0.717) is 0 Å². The number of hydrogen-bond donors (Lipinski definition) is 2. The second-order valence-corrected chi connectivity index (χ2v) is 2.17. The van der Waals surface area contributed by atoms with Gasteiger partial charge in [0.1, 0.15) is 5.76 Å². The molecule has 0 aromatic carbocycles. The van der Waals surface area contributed by atoms with Crippen molar-refractivity contribution in [3.05, 3.63) is 11.5 Å². The summed E-state index contributed by atoms with van der Waals surface area (Å²) in [6.07, 6.45) is 0. The van der Waals surface area contributed by atoms with Gasteiger partial charge in [0.2, 0.25) is 0 Å². The minimum absolute atomic E-state index is 0.0498. The normalized spacial score (nSPS) is 9.64. The van der Waals surface area contributed by atoms with Crippen LogP contribution in [0.4, 0.5) is 6.01 Å². The van der Waals surface area contributed by atoms with Gasteiger partial charge in [0.25, 0.3) is 0 Å². The molecule has 1 rings (SSSR count). The van der Waals surface area contributed by atoms with E-state index in [1.807, 2.05) is 6.92 Å². The third kappa shape index (κ3) is 1.70. The number of aliphatic imine (C=N–C) groups is 1. The quantitative estimate of drug-likeness (QED) is 0.446. The average molecular weight is 154 g/mol. The van der Waals surface area contributed by atoms with E-state index in [1.54, 1.807) is 6.92 Å². The fraction of sp³-hybridized carbons (Fsp3) is 0.333. The fourth-order valence-corrected chi connectivity index (χ4v) is 0.614. The van der Waals surface area contributed by atoms with Crippen molar-refractivity contribution in [3.8, 4) is 0 Å². The molecule has 0 amide bonds. The van der Waals surface area contributed by atoms with Crippen LogP contribution in [0.15, 0.2) is 9.41 Å². The standard InChI is InChI=1S/C6H10N4O/c1-3-4(2)11-6(9-3)10-5(7)8/h1-2H3,(H4,7,8,9,10). The summed E-state index contributed by atoms with van der Waals surface area (Å²) in [4.78, 5) is 7.57. The van der Waals surface area contributed by atoms with Crippen LogP contribution in [-0.2, 0) is 0 Å². The van der Waals surface area contributed by atoms with Crippen molar-refractivity contribution in [3.63, 3.8) is 0 Å². The van der Waals surface area contributed by atoms with E-state index in [1.165, 1.54) is 0 Å². The zero-order chi connectivity index (χ0) is 8.43. The first-order valence-corrected chi connectivity index (χ1v) is 3.13. The van der Waals surface area contributed by atoms with Crippen LogP contribution >= 0.6 is 0 Å². The summed E-state index contributed by atoms with van der Waals surface area (Å²) in [6, 6.07) is 0.208. The second-order valence-electron chi connectivity index (χ2n) is 2.17. The molecule has 0 unspecified atom stereocenters. The predicted molar refractivity (Wildman–Crippen MR) is 41.4 cm³/mol. The minimum Gasteiger partial charge on any atom is -0.427 e. The summed E-state index contributed by atoms with van der Waals surface area (Å²) in [5.41, 5.74) is 11.0. The highest BCUT2D eigenvalue weighted by molar-refractivity contribution is 5.77. The summed E-state index contributed by atoms with van der Waals surface area (Å²) in [5.74, 6) is 0.677. The Bertz CT molecular complexity index is 265. The number of aryl methyl sites for hydroxylation is 2. The van der Waals surface area contributed by atoms with Gasteiger partial charge in [0.15, 0.2) is 5.96 Å². The molecule has 0 saturated heterocycles. The van der Waals surface area contributed by atoms with E-state index < -0.39 is 0 Å². The lowest BCUT2D eigenvalue weighted by Gasteiger charge is -1.84. The Morgan fingerprint density at radius 1 is 1.45 bits per heavy atom. The van der Waals surface area contributed by atoms with Crippen LogP contribution in [0.5, 0.6) is 0 Å². The van der Waals surface area contributed by atoms with E-state index in [9.17, 15) is 0 Å². The Balaban J connectivity index is 2.98. The van der Waals surface area contributed by atoms with Gasteiger partial charge in [0.05, 0.1) is 5.69 Å². The van der Waals surface area contributed by atoms with Crippen LogP contribution in [0, 0.1) is 13.8 Å². The SMILES string of the molecule is Cc1nc(N=C(N)N)oc1C. The molecule has 0 aliphatic heterocycles. The summed E-state index contributed by atoms with van der Waals surface area (Å²) < 4.78 is 5.07. The summed E-state index contributed by atoms with van der Waals surface area (Å²) >= 11 is 0. The number of aromatic nitrogens is 1. The first kappa shape index (κ1) is 7.59. The first-order chi connectivity index (χ1) is 5.09. The Hall–Kier alpha value is -1.52. The third-order valence-corrected chi connectivity index (χ3v) is 1.24. The number of nitrogens with two attached hydrogens (primary N) is 2. The van der Waals surface area contributed by atoms with Crippen LogP contribution < -0.4 is 11.5 Å². The number of hydrogen-bond acceptors (Lipinski definition) is 3. The summed E-state index contributed by atoms with van der Waals surface area (Å²) in [6.45, 7) is 3.62. The molecule has 0 aliphatic rings. The molecular weight excluding hydrogens is 144 g/mol. The van der Waals surface area contributed by atoms with E-state index in [0.717, 1.165) is 11.5 Å². The molecule has 0 fully saturated rings. The van der Waals surface area contributed by atoms with Crippen molar-refractivity contribution < 1.29 is 4.42 Å². The molecule has 0 bridgehead atoms. The number of rotatable bonds is 1. The van der Waals surface area contributed by atoms with Gasteiger partial charge >= 0.3 is 6.01 Å². The van der Waals surface area contributed by atoms with Crippen molar-refractivity contribution in [1.82, 2.24) is 4.98 Å². The van der Waals surface area contributed by atoms with Gasteiger partial charge < -0.3 is 15.9 Å². The fourth-order valence-electron chi connectivity index (χ4n) is 0.614. The summed E-state index contributed by atoms with van der Waals surface area (Å²) in [7, 11) is 0. The monoisotopic (exact) mass is 154 g/mol. The van der Waals surface area contributed by atoms with Gasteiger partial charge in [-0.15, -0.1) is 0 Å². The van der Waals surface area contributed by atoms with Crippen LogP contribution in [0.1, 0.15) is 11.5 Å². The molecule has 1 aromatic heterocycles. The van der Waals surface area contributed by atoms with Crippen molar-refractivity contribution in [2.24, 2.45) is 16.5 Å². The smallest absolute Gasteiger partial charge is 0.325 e. The highest BCUT2D eigenvalue weighted by Gasteiger charge is 2.02. The van der Waals surface area contributed by atoms with Gasteiger partial charge in [-0.25, -0.2) is 0 Å². The van der Waals surface area contributed by atoms with E-state index >= 15 is 0 Å².